The second-order valence-corrected chi connectivity index (χ2v) is 8.34. The lowest BCUT2D eigenvalue weighted by Gasteiger charge is -2.36. The molecule has 2 aliphatic rings. The van der Waals surface area contributed by atoms with Gasteiger partial charge in [-0.15, -0.1) is 0 Å². The van der Waals surface area contributed by atoms with Gasteiger partial charge in [0.25, 0.3) is 0 Å². The maximum atomic E-state index is 12.5. The first-order chi connectivity index (χ1) is 9.24. The van der Waals surface area contributed by atoms with Crippen LogP contribution in [-0.2, 0) is 4.79 Å². The third-order valence-corrected chi connectivity index (χ3v) is 4.87. The van der Waals surface area contributed by atoms with E-state index in [4.69, 9.17) is 0 Å². The molecule has 2 rings (SSSR count). The minimum atomic E-state index is 0.312. The van der Waals surface area contributed by atoms with E-state index in [2.05, 4.69) is 33.0 Å². The summed E-state index contributed by atoms with van der Waals surface area (Å²) in [5.41, 5.74) is 0.312. The van der Waals surface area contributed by atoms with E-state index in [1.807, 2.05) is 11.9 Å². The van der Waals surface area contributed by atoms with Crippen LogP contribution in [0.1, 0.15) is 66.2 Å². The second-order valence-electron chi connectivity index (χ2n) is 8.34. The summed E-state index contributed by atoms with van der Waals surface area (Å²) in [5.74, 6) is 0.816. The third-order valence-electron chi connectivity index (χ3n) is 4.87. The monoisotopic (exact) mass is 280 g/mol. The molecule has 0 aromatic heterocycles. The molecule has 0 aromatic carbocycles. The van der Waals surface area contributed by atoms with E-state index in [1.54, 1.807) is 0 Å². The lowest BCUT2D eigenvalue weighted by atomic mass is 9.84. The largest absolute Gasteiger partial charge is 0.343 e. The molecule has 116 valence electrons. The van der Waals surface area contributed by atoms with Crippen LogP contribution < -0.4 is 5.32 Å². The van der Waals surface area contributed by atoms with Crippen molar-refractivity contribution in [2.24, 2.45) is 11.3 Å². The van der Waals surface area contributed by atoms with Crippen molar-refractivity contribution in [2.75, 3.05) is 7.05 Å². The molecule has 2 heterocycles. The highest BCUT2D eigenvalue weighted by Gasteiger charge is 2.36. The lowest BCUT2D eigenvalue weighted by molar-refractivity contribution is -0.133. The number of nitrogens with one attached hydrogen (secondary N) is 1. The number of fused-ring (bicyclic) bond motifs is 2. The Morgan fingerprint density at radius 2 is 1.80 bits per heavy atom. The van der Waals surface area contributed by atoms with Crippen molar-refractivity contribution in [2.45, 2.75) is 84.3 Å². The molecule has 1 amide bonds. The molecule has 3 atom stereocenters. The highest BCUT2D eigenvalue weighted by Crippen LogP contribution is 2.31. The molecule has 2 saturated heterocycles. The molecule has 0 aliphatic carbocycles. The second kappa shape index (κ2) is 6.05. The van der Waals surface area contributed by atoms with Crippen LogP contribution in [0.2, 0.25) is 0 Å². The van der Waals surface area contributed by atoms with Gasteiger partial charge in [-0.05, 0) is 43.4 Å². The van der Waals surface area contributed by atoms with Gasteiger partial charge in [0.15, 0.2) is 0 Å². The molecular formula is C17H32N2O. The Kier molecular flexibility index (Phi) is 4.78. The predicted molar refractivity (Wildman–Crippen MR) is 83.6 cm³/mol. The number of amides is 1. The van der Waals surface area contributed by atoms with Gasteiger partial charge in [0, 0.05) is 31.6 Å². The van der Waals surface area contributed by atoms with Crippen molar-refractivity contribution >= 4 is 5.91 Å². The number of hydrogen-bond acceptors (Lipinski definition) is 2. The van der Waals surface area contributed by atoms with Crippen LogP contribution in [0.15, 0.2) is 0 Å². The van der Waals surface area contributed by atoms with E-state index in [0.29, 0.717) is 41.8 Å². The maximum absolute atomic E-state index is 12.5. The normalized spacial score (nSPS) is 31.1. The number of piperidine rings is 1. The fourth-order valence-corrected chi connectivity index (χ4v) is 4.11. The molecule has 2 bridgehead atoms. The minimum absolute atomic E-state index is 0.312. The van der Waals surface area contributed by atoms with E-state index >= 15 is 0 Å². The summed E-state index contributed by atoms with van der Waals surface area (Å²) < 4.78 is 0. The molecule has 1 N–H and O–H groups in total. The van der Waals surface area contributed by atoms with Crippen LogP contribution in [0.5, 0.6) is 0 Å². The molecular weight excluding hydrogens is 248 g/mol. The fraction of sp³-hybridized carbons (Fsp3) is 0.941. The summed E-state index contributed by atoms with van der Waals surface area (Å²) in [6.45, 7) is 8.97. The summed E-state index contributed by atoms with van der Waals surface area (Å²) >= 11 is 0. The van der Waals surface area contributed by atoms with Crippen LogP contribution >= 0.6 is 0 Å². The van der Waals surface area contributed by atoms with Gasteiger partial charge < -0.3 is 10.2 Å². The standard InChI is InChI=1S/C17H32N2O/c1-12(11-17(2,3)4)8-16(20)19(5)15-9-13-6-7-14(10-15)18-13/h12-15,18H,6-11H2,1-5H3. The molecule has 3 nitrogen and oxygen atoms in total. The summed E-state index contributed by atoms with van der Waals surface area (Å²) in [6.07, 6.45) is 6.70. The van der Waals surface area contributed by atoms with Crippen molar-refractivity contribution in [1.82, 2.24) is 10.2 Å². The maximum Gasteiger partial charge on any atom is 0.222 e. The van der Waals surface area contributed by atoms with Crippen molar-refractivity contribution in [1.29, 1.82) is 0 Å². The SMILES string of the molecule is CC(CC(=O)N(C)C1CC2CCC(C1)N2)CC(C)(C)C. The van der Waals surface area contributed by atoms with Crippen LogP contribution in [0, 0.1) is 11.3 Å². The molecule has 3 unspecified atom stereocenters. The fourth-order valence-electron chi connectivity index (χ4n) is 4.11. The molecule has 2 aliphatic heterocycles. The van der Waals surface area contributed by atoms with Gasteiger partial charge in [0.1, 0.15) is 0 Å². The van der Waals surface area contributed by atoms with Crippen molar-refractivity contribution < 1.29 is 4.79 Å². The van der Waals surface area contributed by atoms with Crippen LogP contribution in [-0.4, -0.2) is 36.0 Å². The highest BCUT2D eigenvalue weighted by atomic mass is 16.2. The zero-order valence-corrected chi connectivity index (χ0v) is 13.9. The smallest absolute Gasteiger partial charge is 0.222 e. The lowest BCUT2D eigenvalue weighted by Crippen LogP contribution is -2.49. The van der Waals surface area contributed by atoms with Gasteiger partial charge in [-0.2, -0.15) is 0 Å². The number of carbonyl (C=O) groups is 1. The van der Waals surface area contributed by atoms with Crippen molar-refractivity contribution in [3.8, 4) is 0 Å². The molecule has 2 fully saturated rings. The van der Waals surface area contributed by atoms with Crippen molar-refractivity contribution in [3.63, 3.8) is 0 Å². The first kappa shape index (κ1) is 15.8. The van der Waals surface area contributed by atoms with Crippen LogP contribution in [0.25, 0.3) is 0 Å². The van der Waals surface area contributed by atoms with E-state index in [0.717, 1.165) is 19.3 Å². The average molecular weight is 280 g/mol. The van der Waals surface area contributed by atoms with Gasteiger partial charge >= 0.3 is 0 Å². The molecule has 0 aromatic rings. The Morgan fingerprint density at radius 3 is 2.30 bits per heavy atom. The first-order valence-electron chi connectivity index (χ1n) is 8.26. The van der Waals surface area contributed by atoms with E-state index in [-0.39, 0.29) is 0 Å². The van der Waals surface area contributed by atoms with Gasteiger partial charge in [-0.25, -0.2) is 0 Å². The molecule has 20 heavy (non-hydrogen) atoms. The molecule has 0 spiro atoms. The Labute approximate surface area is 124 Å². The van der Waals surface area contributed by atoms with Gasteiger partial charge in [-0.1, -0.05) is 27.7 Å². The zero-order chi connectivity index (χ0) is 14.9. The minimum Gasteiger partial charge on any atom is -0.343 e. The Hall–Kier alpha value is -0.570. The Bertz CT molecular complexity index is 335. The molecule has 3 heteroatoms. The summed E-state index contributed by atoms with van der Waals surface area (Å²) in [6, 6.07) is 1.77. The number of hydrogen-bond donors (Lipinski definition) is 1. The van der Waals surface area contributed by atoms with E-state index < -0.39 is 0 Å². The quantitative estimate of drug-likeness (QED) is 0.858. The average Bonchev–Trinajstić information content (AvgIpc) is 2.64. The Morgan fingerprint density at radius 1 is 1.25 bits per heavy atom. The van der Waals surface area contributed by atoms with Gasteiger partial charge in [0.2, 0.25) is 5.91 Å². The highest BCUT2D eigenvalue weighted by molar-refractivity contribution is 5.76. The van der Waals surface area contributed by atoms with Gasteiger partial charge in [0.05, 0.1) is 0 Å². The number of carbonyl (C=O) groups excluding carboxylic acids is 1. The zero-order valence-electron chi connectivity index (χ0n) is 13.9. The van der Waals surface area contributed by atoms with Gasteiger partial charge in [-0.3, -0.25) is 4.79 Å². The first-order valence-corrected chi connectivity index (χ1v) is 8.26. The molecule has 0 saturated carbocycles. The van der Waals surface area contributed by atoms with Crippen LogP contribution in [0.4, 0.5) is 0 Å². The van der Waals surface area contributed by atoms with Crippen molar-refractivity contribution in [3.05, 3.63) is 0 Å². The number of rotatable bonds is 4. The summed E-state index contributed by atoms with van der Waals surface area (Å²) in [7, 11) is 2.02. The topological polar surface area (TPSA) is 32.3 Å². The Balaban J connectivity index is 1.83. The molecule has 0 radical (unpaired) electrons. The third kappa shape index (κ3) is 4.21. The van der Waals surface area contributed by atoms with Crippen LogP contribution in [0.3, 0.4) is 0 Å². The summed E-state index contributed by atoms with van der Waals surface area (Å²) in [4.78, 5) is 14.5. The summed E-state index contributed by atoms with van der Waals surface area (Å²) in [5, 5.41) is 3.65. The predicted octanol–water partition coefficient (Wildman–Crippen LogP) is 3.19. The number of nitrogens with zero attached hydrogens (tertiary/aromatic N) is 1. The van der Waals surface area contributed by atoms with E-state index in [9.17, 15) is 4.79 Å². The van der Waals surface area contributed by atoms with E-state index in [1.165, 1.54) is 12.8 Å².